The van der Waals surface area contributed by atoms with Gasteiger partial charge in [-0.1, -0.05) is 0 Å². The number of halogens is 1. The normalized spacial score (nSPS) is 10.2. The minimum absolute atomic E-state index is 0.0509. The molecular formula is C10H14IN3O2. The molecule has 0 saturated heterocycles. The van der Waals surface area contributed by atoms with E-state index < -0.39 is 0 Å². The summed E-state index contributed by atoms with van der Waals surface area (Å²) in [5, 5.41) is 2.68. The summed E-state index contributed by atoms with van der Waals surface area (Å²) in [6.45, 7) is 4.63. The van der Waals surface area contributed by atoms with Gasteiger partial charge in [-0.2, -0.15) is 0 Å². The van der Waals surface area contributed by atoms with E-state index in [1.54, 1.807) is 6.92 Å². The molecule has 0 aromatic carbocycles. The minimum Gasteiger partial charge on any atom is -0.356 e. The van der Waals surface area contributed by atoms with Crippen molar-refractivity contribution >= 4 is 28.5 Å². The number of carbonyl (C=O) groups excluding carboxylic acids is 1. The SMILES string of the molecule is CCNC(=O)CCn1cnc(C)c(I)c1=O. The van der Waals surface area contributed by atoms with Gasteiger partial charge in [0.05, 0.1) is 15.6 Å². The second-order valence-corrected chi connectivity index (χ2v) is 4.42. The highest BCUT2D eigenvalue weighted by Crippen LogP contribution is 2.01. The second-order valence-electron chi connectivity index (χ2n) is 3.35. The first-order chi connectivity index (χ1) is 7.56. The first-order valence-electron chi connectivity index (χ1n) is 5.04. The van der Waals surface area contributed by atoms with Crippen molar-refractivity contribution in [3.63, 3.8) is 0 Å². The van der Waals surface area contributed by atoms with Crippen LogP contribution in [0.3, 0.4) is 0 Å². The van der Waals surface area contributed by atoms with E-state index in [-0.39, 0.29) is 11.5 Å². The predicted octanol–water partition coefficient (Wildman–Crippen LogP) is 0.683. The highest BCUT2D eigenvalue weighted by Gasteiger charge is 2.06. The quantitative estimate of drug-likeness (QED) is 0.824. The van der Waals surface area contributed by atoms with Crippen molar-refractivity contribution < 1.29 is 4.79 Å². The van der Waals surface area contributed by atoms with Gasteiger partial charge in [0.1, 0.15) is 0 Å². The van der Waals surface area contributed by atoms with Crippen molar-refractivity contribution in [2.75, 3.05) is 6.54 Å². The highest BCUT2D eigenvalue weighted by molar-refractivity contribution is 14.1. The Kier molecular flexibility index (Phi) is 4.91. The second kappa shape index (κ2) is 5.97. The van der Waals surface area contributed by atoms with E-state index in [2.05, 4.69) is 10.3 Å². The number of aromatic nitrogens is 2. The maximum absolute atomic E-state index is 11.7. The van der Waals surface area contributed by atoms with Gasteiger partial charge in [0, 0.05) is 19.5 Å². The molecule has 0 unspecified atom stereocenters. The van der Waals surface area contributed by atoms with Crippen LogP contribution in [0.1, 0.15) is 19.0 Å². The number of rotatable bonds is 4. The molecule has 5 nitrogen and oxygen atoms in total. The summed E-state index contributed by atoms with van der Waals surface area (Å²) >= 11 is 1.97. The Morgan fingerprint density at radius 3 is 2.94 bits per heavy atom. The van der Waals surface area contributed by atoms with Gasteiger partial charge in [0.25, 0.3) is 5.56 Å². The number of aryl methyl sites for hydroxylation is 2. The molecule has 0 bridgehead atoms. The van der Waals surface area contributed by atoms with E-state index in [9.17, 15) is 9.59 Å². The van der Waals surface area contributed by atoms with E-state index in [1.165, 1.54) is 10.9 Å². The number of carbonyl (C=O) groups is 1. The molecule has 1 N–H and O–H groups in total. The molecule has 0 saturated carbocycles. The van der Waals surface area contributed by atoms with Crippen molar-refractivity contribution in [2.45, 2.75) is 26.8 Å². The fraction of sp³-hybridized carbons (Fsp3) is 0.500. The van der Waals surface area contributed by atoms with Crippen molar-refractivity contribution in [3.8, 4) is 0 Å². The zero-order valence-electron chi connectivity index (χ0n) is 9.29. The van der Waals surface area contributed by atoms with Crippen LogP contribution >= 0.6 is 22.6 Å². The average Bonchev–Trinajstić information content (AvgIpc) is 2.25. The maximum atomic E-state index is 11.7. The van der Waals surface area contributed by atoms with Crippen LogP contribution in [0.2, 0.25) is 0 Å². The van der Waals surface area contributed by atoms with E-state index in [0.717, 1.165) is 5.69 Å². The molecule has 1 rings (SSSR count). The molecule has 88 valence electrons. The molecular weight excluding hydrogens is 321 g/mol. The van der Waals surface area contributed by atoms with Crippen molar-refractivity contribution in [3.05, 3.63) is 25.9 Å². The molecule has 0 radical (unpaired) electrons. The fourth-order valence-corrected chi connectivity index (χ4v) is 1.66. The Bertz CT molecular complexity index is 442. The molecule has 0 aliphatic carbocycles. The van der Waals surface area contributed by atoms with Crippen LogP contribution in [0.15, 0.2) is 11.1 Å². The van der Waals surface area contributed by atoms with Crippen molar-refractivity contribution in [1.29, 1.82) is 0 Å². The molecule has 0 fully saturated rings. The molecule has 0 aliphatic rings. The molecule has 16 heavy (non-hydrogen) atoms. The molecule has 6 heteroatoms. The largest absolute Gasteiger partial charge is 0.356 e. The first-order valence-corrected chi connectivity index (χ1v) is 6.12. The lowest BCUT2D eigenvalue weighted by Crippen LogP contribution is -2.28. The van der Waals surface area contributed by atoms with Crippen LogP contribution in [0.25, 0.3) is 0 Å². The molecule has 1 aromatic heterocycles. The summed E-state index contributed by atoms with van der Waals surface area (Å²) in [6, 6.07) is 0. The lowest BCUT2D eigenvalue weighted by molar-refractivity contribution is -0.121. The maximum Gasteiger partial charge on any atom is 0.267 e. The van der Waals surface area contributed by atoms with Crippen LogP contribution in [0, 0.1) is 10.5 Å². The first kappa shape index (κ1) is 13.1. The van der Waals surface area contributed by atoms with Gasteiger partial charge in [-0.3, -0.25) is 14.2 Å². The molecule has 0 aliphatic heterocycles. The van der Waals surface area contributed by atoms with Gasteiger partial charge in [-0.05, 0) is 36.4 Å². The Balaban J connectivity index is 2.72. The Morgan fingerprint density at radius 2 is 2.31 bits per heavy atom. The van der Waals surface area contributed by atoms with Gasteiger partial charge < -0.3 is 5.32 Å². The van der Waals surface area contributed by atoms with E-state index in [1.807, 2.05) is 29.5 Å². The van der Waals surface area contributed by atoms with Crippen LogP contribution in [-0.4, -0.2) is 22.0 Å². The summed E-state index contributed by atoms with van der Waals surface area (Å²) in [5.74, 6) is -0.0509. The fourth-order valence-electron chi connectivity index (χ4n) is 1.21. The Labute approximate surface area is 107 Å². The summed E-state index contributed by atoms with van der Waals surface area (Å²) in [7, 11) is 0. The lowest BCUT2D eigenvalue weighted by atomic mass is 10.3. The molecule has 0 spiro atoms. The third-order valence-electron chi connectivity index (χ3n) is 2.11. The number of nitrogens with zero attached hydrogens (tertiary/aromatic N) is 2. The average molecular weight is 335 g/mol. The zero-order chi connectivity index (χ0) is 12.1. The van der Waals surface area contributed by atoms with Gasteiger partial charge in [0.2, 0.25) is 5.91 Å². The van der Waals surface area contributed by atoms with Gasteiger partial charge >= 0.3 is 0 Å². The summed E-state index contributed by atoms with van der Waals surface area (Å²) in [6.07, 6.45) is 1.79. The summed E-state index contributed by atoms with van der Waals surface area (Å²) < 4.78 is 2.07. The smallest absolute Gasteiger partial charge is 0.267 e. The van der Waals surface area contributed by atoms with E-state index >= 15 is 0 Å². The highest BCUT2D eigenvalue weighted by atomic mass is 127. The molecule has 1 aromatic rings. The van der Waals surface area contributed by atoms with Gasteiger partial charge in [-0.25, -0.2) is 4.98 Å². The molecule has 1 amide bonds. The third kappa shape index (κ3) is 3.29. The van der Waals surface area contributed by atoms with Gasteiger partial charge in [-0.15, -0.1) is 0 Å². The monoisotopic (exact) mass is 335 g/mol. The molecule has 1 heterocycles. The lowest BCUT2D eigenvalue weighted by Gasteiger charge is -2.06. The number of hydrogen-bond donors (Lipinski definition) is 1. The van der Waals surface area contributed by atoms with Gasteiger partial charge in [0.15, 0.2) is 0 Å². The van der Waals surface area contributed by atoms with Crippen LogP contribution in [-0.2, 0) is 11.3 Å². The van der Waals surface area contributed by atoms with Crippen molar-refractivity contribution in [2.24, 2.45) is 0 Å². The topological polar surface area (TPSA) is 64.0 Å². The summed E-state index contributed by atoms with van der Waals surface area (Å²) in [4.78, 5) is 27.1. The molecule has 0 atom stereocenters. The van der Waals surface area contributed by atoms with E-state index in [4.69, 9.17) is 0 Å². The van der Waals surface area contributed by atoms with Crippen LogP contribution in [0.5, 0.6) is 0 Å². The van der Waals surface area contributed by atoms with Crippen molar-refractivity contribution in [1.82, 2.24) is 14.9 Å². The van der Waals surface area contributed by atoms with Crippen LogP contribution in [0.4, 0.5) is 0 Å². The Morgan fingerprint density at radius 1 is 1.62 bits per heavy atom. The number of nitrogens with one attached hydrogen (secondary N) is 1. The zero-order valence-corrected chi connectivity index (χ0v) is 11.4. The Hall–Kier alpha value is -0.920. The number of hydrogen-bond acceptors (Lipinski definition) is 3. The number of amides is 1. The predicted molar refractivity (Wildman–Crippen MR) is 69.3 cm³/mol. The van der Waals surface area contributed by atoms with Crippen LogP contribution < -0.4 is 10.9 Å². The summed E-state index contributed by atoms with van der Waals surface area (Å²) in [5.41, 5.74) is 0.636. The minimum atomic E-state index is -0.0857. The standard InChI is InChI=1S/C10H14IN3O2/c1-3-12-8(15)4-5-14-6-13-7(2)9(11)10(14)16/h6H,3-5H2,1-2H3,(H,12,15). The van der Waals surface area contributed by atoms with E-state index in [0.29, 0.717) is 23.1 Å². The third-order valence-corrected chi connectivity index (χ3v) is 3.35.